The van der Waals surface area contributed by atoms with E-state index < -0.39 is 0 Å². The Morgan fingerprint density at radius 1 is 0.846 bits per heavy atom. The van der Waals surface area contributed by atoms with Crippen LogP contribution in [0.15, 0.2) is 66.7 Å². The summed E-state index contributed by atoms with van der Waals surface area (Å²) in [6, 6.07) is 17.4. The fourth-order valence-corrected chi connectivity index (χ4v) is 4.12. The molecule has 26 heavy (non-hydrogen) atoms. The van der Waals surface area contributed by atoms with Gasteiger partial charge in [-0.1, -0.05) is 42.5 Å². The first-order valence-electron chi connectivity index (χ1n) is 8.84. The number of hydrogen-bond acceptors (Lipinski definition) is 3. The van der Waals surface area contributed by atoms with Crippen LogP contribution in [0.1, 0.15) is 34.9 Å². The maximum Gasteiger partial charge on any atom is 0.202 e. The van der Waals surface area contributed by atoms with Crippen LogP contribution in [-0.4, -0.2) is 14.8 Å². The Balaban J connectivity index is 1.40. The van der Waals surface area contributed by atoms with E-state index in [1.165, 1.54) is 4.57 Å². The van der Waals surface area contributed by atoms with Crippen LogP contribution in [-0.2, 0) is 6.61 Å². The minimum Gasteiger partial charge on any atom is -0.494 e. The zero-order chi connectivity index (χ0) is 17.7. The highest BCUT2D eigenvalue weighted by atomic mass is 16.5. The van der Waals surface area contributed by atoms with Gasteiger partial charge in [-0.05, 0) is 36.2 Å². The number of fused-ring (bicyclic) bond motifs is 5. The van der Waals surface area contributed by atoms with E-state index in [4.69, 9.17) is 4.74 Å². The Labute approximate surface area is 151 Å². The molecule has 0 fully saturated rings. The molecule has 2 aliphatic rings. The molecule has 0 radical (unpaired) electrons. The molecule has 2 bridgehead atoms. The molecule has 4 nitrogen and oxygen atoms in total. The van der Waals surface area contributed by atoms with Gasteiger partial charge in [0.15, 0.2) is 0 Å². The second-order valence-corrected chi connectivity index (χ2v) is 6.91. The zero-order valence-corrected chi connectivity index (χ0v) is 14.2. The van der Waals surface area contributed by atoms with Crippen LogP contribution in [0.25, 0.3) is 5.69 Å². The van der Waals surface area contributed by atoms with E-state index in [0.717, 1.165) is 34.5 Å². The molecule has 0 aliphatic heterocycles. The van der Waals surface area contributed by atoms with Gasteiger partial charge >= 0.3 is 0 Å². The molecule has 0 saturated heterocycles. The number of ether oxygens (including phenoxy) is 1. The third-order valence-electron chi connectivity index (χ3n) is 5.36. The summed E-state index contributed by atoms with van der Waals surface area (Å²) in [6.07, 6.45) is 5.20. The Morgan fingerprint density at radius 2 is 1.46 bits per heavy atom. The molecule has 4 heteroatoms. The van der Waals surface area contributed by atoms with Crippen LogP contribution in [0.4, 0.5) is 0 Å². The van der Waals surface area contributed by atoms with Crippen molar-refractivity contribution < 1.29 is 14.9 Å². The lowest BCUT2D eigenvalue weighted by atomic mass is 10.0. The first-order chi connectivity index (χ1) is 12.7. The topological polar surface area (TPSA) is 54.6 Å². The highest BCUT2D eigenvalue weighted by molar-refractivity contribution is 5.62. The van der Waals surface area contributed by atoms with Crippen molar-refractivity contribution in [2.24, 2.45) is 0 Å². The Hall–Kier alpha value is -3.14. The smallest absolute Gasteiger partial charge is 0.202 e. The van der Waals surface area contributed by atoms with Gasteiger partial charge < -0.3 is 14.9 Å². The maximum absolute atomic E-state index is 10.7. The molecule has 2 N–H and O–H groups in total. The Bertz CT molecular complexity index is 951. The van der Waals surface area contributed by atoms with Gasteiger partial charge in [0.1, 0.15) is 12.4 Å². The molecule has 130 valence electrons. The number of nitrogens with zero attached hydrogens (tertiary/aromatic N) is 1. The second-order valence-electron chi connectivity index (χ2n) is 6.91. The SMILES string of the molecule is Oc1c2c(c(O)n1-c1ccc(OCc3ccccc3)cc1)C1C=CC2C1. The van der Waals surface area contributed by atoms with Crippen molar-refractivity contribution in [3.05, 3.63) is 83.4 Å². The number of benzene rings is 2. The van der Waals surface area contributed by atoms with Crippen LogP contribution >= 0.6 is 0 Å². The van der Waals surface area contributed by atoms with Crippen LogP contribution in [0.2, 0.25) is 0 Å². The average molecular weight is 345 g/mol. The number of hydrogen-bond donors (Lipinski definition) is 2. The summed E-state index contributed by atoms with van der Waals surface area (Å²) < 4.78 is 7.33. The van der Waals surface area contributed by atoms with Crippen molar-refractivity contribution >= 4 is 0 Å². The molecular weight excluding hydrogens is 326 g/mol. The number of rotatable bonds is 4. The minimum absolute atomic E-state index is 0.146. The number of allylic oxidation sites excluding steroid dienone is 2. The lowest BCUT2D eigenvalue weighted by Crippen LogP contribution is -1.97. The first-order valence-corrected chi connectivity index (χ1v) is 8.84. The van der Waals surface area contributed by atoms with E-state index in [9.17, 15) is 10.2 Å². The molecule has 3 aromatic rings. The molecule has 1 aromatic heterocycles. The molecular formula is C22H19NO3. The third-order valence-corrected chi connectivity index (χ3v) is 5.36. The standard InChI is InChI=1S/C22H19NO3/c24-21-19-15-6-7-16(12-15)20(19)22(25)23(21)17-8-10-18(11-9-17)26-13-14-4-2-1-3-5-14/h1-11,15-16,24-25H,12-13H2. The zero-order valence-electron chi connectivity index (χ0n) is 14.2. The Kier molecular flexibility index (Phi) is 3.32. The highest BCUT2D eigenvalue weighted by Crippen LogP contribution is 2.57. The molecule has 1 heterocycles. The summed E-state index contributed by atoms with van der Waals surface area (Å²) in [5.41, 5.74) is 3.58. The van der Waals surface area contributed by atoms with Gasteiger partial charge in [0, 0.05) is 23.0 Å². The maximum atomic E-state index is 10.7. The van der Waals surface area contributed by atoms with E-state index in [1.54, 1.807) is 0 Å². The molecule has 5 rings (SSSR count). The van der Waals surface area contributed by atoms with Gasteiger partial charge in [0.2, 0.25) is 11.8 Å². The quantitative estimate of drug-likeness (QED) is 0.679. The van der Waals surface area contributed by atoms with E-state index in [1.807, 2.05) is 54.6 Å². The predicted octanol–water partition coefficient (Wildman–Crippen LogP) is 4.61. The summed E-state index contributed by atoms with van der Waals surface area (Å²) in [4.78, 5) is 0. The van der Waals surface area contributed by atoms with Gasteiger partial charge in [0.25, 0.3) is 0 Å². The van der Waals surface area contributed by atoms with Crippen LogP contribution in [0, 0.1) is 0 Å². The average Bonchev–Trinajstić information content (AvgIpc) is 3.35. The summed E-state index contributed by atoms with van der Waals surface area (Å²) in [7, 11) is 0. The first kappa shape index (κ1) is 15.1. The van der Waals surface area contributed by atoms with Crippen molar-refractivity contribution in [1.29, 1.82) is 0 Å². The summed E-state index contributed by atoms with van der Waals surface area (Å²) in [5, 5.41) is 21.3. The van der Waals surface area contributed by atoms with Crippen LogP contribution in [0.3, 0.4) is 0 Å². The summed E-state index contributed by atoms with van der Waals surface area (Å²) in [5.74, 6) is 1.48. The van der Waals surface area contributed by atoms with Crippen molar-refractivity contribution in [2.45, 2.75) is 24.9 Å². The second kappa shape index (κ2) is 5.70. The molecule has 2 aliphatic carbocycles. The van der Waals surface area contributed by atoms with Gasteiger partial charge in [0.05, 0.1) is 5.69 Å². The van der Waals surface area contributed by atoms with Gasteiger partial charge in [-0.25, -0.2) is 0 Å². The van der Waals surface area contributed by atoms with Crippen LogP contribution in [0.5, 0.6) is 17.5 Å². The van der Waals surface area contributed by atoms with Crippen LogP contribution < -0.4 is 4.74 Å². The van der Waals surface area contributed by atoms with E-state index in [0.29, 0.717) is 6.61 Å². The van der Waals surface area contributed by atoms with E-state index in [2.05, 4.69) is 12.2 Å². The molecule has 2 unspecified atom stereocenters. The molecule has 2 atom stereocenters. The van der Waals surface area contributed by atoms with Gasteiger partial charge in [-0.15, -0.1) is 0 Å². The van der Waals surface area contributed by atoms with Crippen molar-refractivity contribution in [3.8, 4) is 23.2 Å². The van der Waals surface area contributed by atoms with Crippen molar-refractivity contribution in [1.82, 2.24) is 4.57 Å². The third kappa shape index (κ3) is 2.22. The van der Waals surface area contributed by atoms with E-state index >= 15 is 0 Å². The number of aromatic nitrogens is 1. The highest BCUT2D eigenvalue weighted by Gasteiger charge is 2.41. The number of aromatic hydroxyl groups is 2. The normalized spacial score (nSPS) is 19.7. The van der Waals surface area contributed by atoms with E-state index in [-0.39, 0.29) is 23.6 Å². The molecule has 2 aromatic carbocycles. The molecule has 0 amide bonds. The molecule has 0 spiro atoms. The van der Waals surface area contributed by atoms with Gasteiger partial charge in [-0.2, -0.15) is 0 Å². The fraction of sp³-hybridized carbons (Fsp3) is 0.182. The van der Waals surface area contributed by atoms with Crippen molar-refractivity contribution in [3.63, 3.8) is 0 Å². The lowest BCUT2D eigenvalue weighted by Gasteiger charge is -2.11. The summed E-state index contributed by atoms with van der Waals surface area (Å²) >= 11 is 0. The fourth-order valence-electron chi connectivity index (χ4n) is 4.12. The summed E-state index contributed by atoms with van der Waals surface area (Å²) in [6.45, 7) is 0.504. The lowest BCUT2D eigenvalue weighted by molar-refractivity contribution is 0.306. The van der Waals surface area contributed by atoms with Gasteiger partial charge in [-0.3, -0.25) is 4.57 Å². The van der Waals surface area contributed by atoms with Crippen molar-refractivity contribution in [2.75, 3.05) is 0 Å². The largest absolute Gasteiger partial charge is 0.494 e. The predicted molar refractivity (Wildman–Crippen MR) is 99.1 cm³/mol. The monoisotopic (exact) mass is 345 g/mol. The Morgan fingerprint density at radius 3 is 2.08 bits per heavy atom. The minimum atomic E-state index is 0.146. The molecule has 0 saturated carbocycles.